The highest BCUT2D eigenvalue weighted by Crippen LogP contribution is 2.41. The number of hydrogen-bond acceptors (Lipinski definition) is 6. The third-order valence-electron chi connectivity index (χ3n) is 3.98. The minimum absolute atomic E-state index is 0.179. The molecular formula is C20H19N3O5S. The Hall–Kier alpha value is -3.59. The summed E-state index contributed by atoms with van der Waals surface area (Å²) in [6.07, 6.45) is 1.56. The topological polar surface area (TPSA) is 110 Å². The molecule has 3 rings (SSSR count). The van der Waals surface area contributed by atoms with Crippen molar-refractivity contribution >= 4 is 34.7 Å². The molecule has 0 aliphatic carbocycles. The number of pyridine rings is 1. The first-order valence-electron chi connectivity index (χ1n) is 8.75. The fraction of sp³-hybridized carbons (Fsp3) is 0.150. The summed E-state index contributed by atoms with van der Waals surface area (Å²) in [6.45, 7) is 1.67. The zero-order chi connectivity index (χ0) is 21.0. The second-order valence-electron chi connectivity index (χ2n) is 6.08. The summed E-state index contributed by atoms with van der Waals surface area (Å²) < 4.78 is 6.56. The average Bonchev–Trinajstić information content (AvgIpc) is 3.11. The van der Waals surface area contributed by atoms with Crippen LogP contribution in [0.4, 0.5) is 16.2 Å². The van der Waals surface area contributed by atoms with Gasteiger partial charge in [-0.25, -0.2) is 4.79 Å². The summed E-state index contributed by atoms with van der Waals surface area (Å²) in [7, 11) is 1.50. The van der Waals surface area contributed by atoms with Gasteiger partial charge in [0.25, 0.3) is 5.56 Å². The maximum Gasteiger partial charge on any atom is 0.324 e. The summed E-state index contributed by atoms with van der Waals surface area (Å²) in [4.78, 5) is 37.1. The van der Waals surface area contributed by atoms with E-state index in [0.29, 0.717) is 0 Å². The molecule has 2 heterocycles. The number of hydrogen-bond donors (Lipinski definition) is 3. The molecule has 0 spiro atoms. The molecule has 0 radical (unpaired) electrons. The minimum atomic E-state index is -0.755. The van der Waals surface area contributed by atoms with Crippen LogP contribution in [0, 0.1) is 0 Å². The van der Waals surface area contributed by atoms with Gasteiger partial charge in [-0.05, 0) is 17.7 Å². The zero-order valence-electron chi connectivity index (χ0n) is 15.8. The number of urea groups is 1. The predicted octanol–water partition coefficient (Wildman–Crippen LogP) is 3.78. The largest absolute Gasteiger partial charge is 0.505 e. The summed E-state index contributed by atoms with van der Waals surface area (Å²) in [6, 6.07) is 11.6. The van der Waals surface area contributed by atoms with Gasteiger partial charge in [0, 0.05) is 24.5 Å². The van der Waals surface area contributed by atoms with Gasteiger partial charge in [-0.1, -0.05) is 48.6 Å². The SMILES string of the molecule is CCC(=O)Oc1sc(-c2ccccc2)cc1NC(=O)Nc1c(O)ccn(C)c1=O. The molecule has 0 saturated carbocycles. The number of carbonyl (C=O) groups is 2. The van der Waals surface area contributed by atoms with Crippen LogP contribution in [0.15, 0.2) is 53.5 Å². The number of anilines is 2. The number of rotatable bonds is 5. The molecule has 1 aromatic carbocycles. The summed E-state index contributed by atoms with van der Waals surface area (Å²) in [5, 5.41) is 15.0. The molecule has 2 amide bonds. The monoisotopic (exact) mass is 413 g/mol. The molecule has 9 heteroatoms. The molecular weight excluding hydrogens is 394 g/mol. The average molecular weight is 413 g/mol. The standard InChI is InChI=1S/C20H19N3O5S/c1-3-16(25)28-19-13(11-15(29-19)12-7-5-4-6-8-12)21-20(27)22-17-14(24)9-10-23(2)18(17)26/h4-11,24H,3H2,1-2H3,(H2,21,22,27). The fourth-order valence-electron chi connectivity index (χ4n) is 2.46. The summed E-state index contributed by atoms with van der Waals surface area (Å²) in [5.74, 6) is -0.791. The number of ether oxygens (including phenoxy) is 1. The fourth-order valence-corrected chi connectivity index (χ4v) is 3.45. The van der Waals surface area contributed by atoms with E-state index in [2.05, 4.69) is 10.6 Å². The number of thiophene rings is 1. The van der Waals surface area contributed by atoms with Gasteiger partial charge in [0.1, 0.15) is 5.75 Å². The van der Waals surface area contributed by atoms with Crippen LogP contribution in [0.2, 0.25) is 0 Å². The lowest BCUT2D eigenvalue weighted by Crippen LogP contribution is -2.27. The van der Waals surface area contributed by atoms with E-state index in [0.717, 1.165) is 10.4 Å². The molecule has 0 atom stereocenters. The van der Waals surface area contributed by atoms with Gasteiger partial charge in [0.2, 0.25) is 5.06 Å². The number of carbonyl (C=O) groups excluding carboxylic acids is 2. The molecule has 0 aliphatic rings. The quantitative estimate of drug-likeness (QED) is 0.552. The highest BCUT2D eigenvalue weighted by atomic mass is 32.1. The van der Waals surface area contributed by atoms with Crippen LogP contribution in [0.25, 0.3) is 10.4 Å². The third-order valence-corrected chi connectivity index (χ3v) is 5.05. The van der Waals surface area contributed by atoms with Crippen molar-refractivity contribution in [2.45, 2.75) is 13.3 Å². The van der Waals surface area contributed by atoms with Crippen LogP contribution >= 0.6 is 11.3 Å². The van der Waals surface area contributed by atoms with Gasteiger partial charge in [-0.3, -0.25) is 14.9 Å². The Bertz CT molecular complexity index is 1110. The van der Waals surface area contributed by atoms with Crippen LogP contribution < -0.4 is 20.9 Å². The molecule has 150 valence electrons. The van der Waals surface area contributed by atoms with Gasteiger partial charge in [0.15, 0.2) is 5.69 Å². The molecule has 3 aromatic rings. The van der Waals surface area contributed by atoms with Crippen molar-refractivity contribution in [1.82, 2.24) is 4.57 Å². The van der Waals surface area contributed by atoms with E-state index in [4.69, 9.17) is 4.74 Å². The molecule has 0 unspecified atom stereocenters. The Kier molecular flexibility index (Phi) is 5.99. The Morgan fingerprint density at radius 1 is 1.17 bits per heavy atom. The number of nitrogens with one attached hydrogen (secondary N) is 2. The highest BCUT2D eigenvalue weighted by molar-refractivity contribution is 7.18. The van der Waals surface area contributed by atoms with E-state index < -0.39 is 17.6 Å². The number of esters is 1. The lowest BCUT2D eigenvalue weighted by Gasteiger charge is -2.10. The second kappa shape index (κ2) is 8.61. The first-order valence-corrected chi connectivity index (χ1v) is 9.57. The minimum Gasteiger partial charge on any atom is -0.505 e. The maximum absolute atomic E-state index is 12.4. The third kappa shape index (κ3) is 4.64. The molecule has 3 N–H and O–H groups in total. The Balaban J connectivity index is 1.88. The molecule has 0 saturated heterocycles. The van der Waals surface area contributed by atoms with Crippen molar-refractivity contribution in [2.75, 3.05) is 10.6 Å². The summed E-state index contributed by atoms with van der Waals surface area (Å²) in [5.41, 5.74) is 0.362. The molecule has 0 fully saturated rings. The number of aromatic hydroxyl groups is 1. The maximum atomic E-state index is 12.4. The van der Waals surface area contributed by atoms with Crippen LogP contribution in [-0.4, -0.2) is 21.7 Å². The van der Waals surface area contributed by atoms with E-state index in [1.807, 2.05) is 30.3 Å². The Labute approximate surface area is 170 Å². The van der Waals surface area contributed by atoms with Gasteiger partial charge < -0.3 is 19.7 Å². The highest BCUT2D eigenvalue weighted by Gasteiger charge is 2.18. The lowest BCUT2D eigenvalue weighted by atomic mass is 10.2. The van der Waals surface area contributed by atoms with Crippen molar-refractivity contribution in [2.24, 2.45) is 7.05 Å². The van der Waals surface area contributed by atoms with E-state index in [1.54, 1.807) is 13.0 Å². The van der Waals surface area contributed by atoms with Gasteiger partial charge in [-0.15, -0.1) is 0 Å². The van der Waals surface area contributed by atoms with Crippen LogP contribution in [0.1, 0.15) is 13.3 Å². The number of amides is 2. The van der Waals surface area contributed by atoms with E-state index in [-0.39, 0.29) is 28.6 Å². The van der Waals surface area contributed by atoms with Crippen LogP contribution in [0.3, 0.4) is 0 Å². The molecule has 0 aliphatic heterocycles. The molecule has 29 heavy (non-hydrogen) atoms. The van der Waals surface area contributed by atoms with E-state index >= 15 is 0 Å². The molecule has 2 aromatic heterocycles. The smallest absolute Gasteiger partial charge is 0.324 e. The number of benzene rings is 1. The van der Waals surface area contributed by atoms with Crippen LogP contribution in [0.5, 0.6) is 10.8 Å². The van der Waals surface area contributed by atoms with E-state index in [1.165, 1.54) is 35.2 Å². The Morgan fingerprint density at radius 3 is 2.59 bits per heavy atom. The van der Waals surface area contributed by atoms with E-state index in [9.17, 15) is 19.5 Å². The summed E-state index contributed by atoms with van der Waals surface area (Å²) >= 11 is 1.21. The number of nitrogens with zero attached hydrogens (tertiary/aromatic N) is 1. The van der Waals surface area contributed by atoms with Gasteiger partial charge >= 0.3 is 12.0 Å². The second-order valence-corrected chi connectivity index (χ2v) is 7.09. The van der Waals surface area contributed by atoms with Crippen molar-refractivity contribution in [3.8, 4) is 21.3 Å². The first kappa shape index (κ1) is 20.2. The number of aromatic nitrogens is 1. The van der Waals surface area contributed by atoms with Crippen molar-refractivity contribution in [3.05, 3.63) is 59.0 Å². The van der Waals surface area contributed by atoms with Crippen molar-refractivity contribution in [1.29, 1.82) is 0 Å². The zero-order valence-corrected chi connectivity index (χ0v) is 16.6. The van der Waals surface area contributed by atoms with Gasteiger partial charge in [0.05, 0.1) is 5.69 Å². The Morgan fingerprint density at radius 2 is 1.90 bits per heavy atom. The lowest BCUT2D eigenvalue weighted by molar-refractivity contribution is -0.133. The normalized spacial score (nSPS) is 10.4. The molecule has 8 nitrogen and oxygen atoms in total. The first-order chi connectivity index (χ1) is 13.9. The molecule has 0 bridgehead atoms. The van der Waals surface area contributed by atoms with Crippen molar-refractivity contribution in [3.63, 3.8) is 0 Å². The van der Waals surface area contributed by atoms with Gasteiger partial charge in [-0.2, -0.15) is 0 Å². The predicted molar refractivity (Wildman–Crippen MR) is 112 cm³/mol. The number of aryl methyl sites for hydroxylation is 1. The van der Waals surface area contributed by atoms with Crippen molar-refractivity contribution < 1.29 is 19.4 Å². The van der Waals surface area contributed by atoms with Crippen LogP contribution in [-0.2, 0) is 11.8 Å².